The third-order valence-corrected chi connectivity index (χ3v) is 4.42. The van der Waals surface area contributed by atoms with Crippen molar-refractivity contribution in [3.05, 3.63) is 0 Å². The maximum Gasteiger partial charge on any atom is 0.410 e. The predicted molar refractivity (Wildman–Crippen MR) is 88.3 cm³/mol. The largest absolute Gasteiger partial charge is 0.444 e. The molecule has 0 bridgehead atoms. The highest BCUT2D eigenvalue weighted by Crippen LogP contribution is 2.42. The second-order valence-corrected chi connectivity index (χ2v) is 8.94. The highest BCUT2D eigenvalue weighted by Gasteiger charge is 2.37. The molecule has 0 radical (unpaired) electrons. The maximum atomic E-state index is 12.1. The number of carbonyl (C=O) groups is 1. The zero-order valence-corrected chi connectivity index (χ0v) is 15.3. The number of likely N-dealkylation sites (tertiary alicyclic amines) is 1. The smallest absolute Gasteiger partial charge is 0.410 e. The van der Waals surface area contributed by atoms with Gasteiger partial charge in [-0.25, -0.2) is 4.79 Å². The van der Waals surface area contributed by atoms with E-state index in [4.69, 9.17) is 4.74 Å². The summed E-state index contributed by atoms with van der Waals surface area (Å²) in [6.07, 6.45) is 2.04. The van der Waals surface area contributed by atoms with Crippen LogP contribution >= 0.6 is 0 Å². The molecule has 124 valence electrons. The summed E-state index contributed by atoms with van der Waals surface area (Å²) in [5.41, 5.74) is -0.0767. The Morgan fingerprint density at radius 1 is 1.05 bits per heavy atom. The first kappa shape index (κ1) is 18.3. The van der Waals surface area contributed by atoms with E-state index >= 15 is 0 Å². The van der Waals surface area contributed by atoms with Gasteiger partial charge in [0.15, 0.2) is 0 Å². The average Bonchev–Trinajstić information content (AvgIpc) is 2.24. The van der Waals surface area contributed by atoms with Gasteiger partial charge >= 0.3 is 6.09 Å². The lowest BCUT2D eigenvalue weighted by atomic mass is 9.65. The Labute approximate surface area is 131 Å². The molecule has 21 heavy (non-hydrogen) atoms. The molecule has 1 amide bonds. The maximum absolute atomic E-state index is 12.1. The second-order valence-electron chi connectivity index (χ2n) is 8.94. The van der Waals surface area contributed by atoms with Gasteiger partial charge in [-0.1, -0.05) is 34.6 Å². The lowest BCUT2D eigenvalue weighted by molar-refractivity contribution is 0.00700. The van der Waals surface area contributed by atoms with Crippen LogP contribution in [-0.2, 0) is 4.74 Å². The van der Waals surface area contributed by atoms with E-state index in [0.29, 0.717) is 23.2 Å². The fraction of sp³-hybridized carbons (Fsp3) is 0.944. The van der Waals surface area contributed by atoms with Crippen molar-refractivity contribution in [1.29, 1.82) is 0 Å². The molecule has 1 aliphatic rings. The zero-order chi connectivity index (χ0) is 16.4. The van der Waals surface area contributed by atoms with Gasteiger partial charge in [-0.05, 0) is 56.8 Å². The van der Waals surface area contributed by atoms with Crippen LogP contribution in [-0.4, -0.2) is 29.7 Å². The van der Waals surface area contributed by atoms with Crippen LogP contribution in [0.3, 0.4) is 0 Å². The highest BCUT2D eigenvalue weighted by atomic mass is 16.6. The normalized spacial score (nSPS) is 19.8. The minimum absolute atomic E-state index is 0.155. The number of hydrogen-bond acceptors (Lipinski definition) is 2. The molecule has 0 aromatic rings. The Balaban J connectivity index is 2.61. The summed E-state index contributed by atoms with van der Waals surface area (Å²) < 4.78 is 5.47. The zero-order valence-electron chi connectivity index (χ0n) is 15.3. The summed E-state index contributed by atoms with van der Waals surface area (Å²) in [5.74, 6) is 2.10. The van der Waals surface area contributed by atoms with E-state index in [0.717, 1.165) is 25.9 Å². The fourth-order valence-electron chi connectivity index (χ4n) is 4.02. The molecule has 1 fully saturated rings. The van der Waals surface area contributed by atoms with E-state index in [9.17, 15) is 4.79 Å². The van der Waals surface area contributed by atoms with E-state index in [2.05, 4.69) is 34.6 Å². The number of amides is 1. The molecule has 1 heterocycles. The lowest BCUT2D eigenvalue weighted by Gasteiger charge is -2.44. The topological polar surface area (TPSA) is 29.5 Å². The van der Waals surface area contributed by atoms with E-state index in [1.807, 2.05) is 25.7 Å². The number of rotatable bonds is 2. The van der Waals surface area contributed by atoms with Gasteiger partial charge < -0.3 is 9.64 Å². The first-order valence-corrected chi connectivity index (χ1v) is 8.39. The predicted octanol–water partition coefficient (Wildman–Crippen LogP) is 4.95. The second kappa shape index (κ2) is 6.58. The van der Waals surface area contributed by atoms with E-state index in [1.165, 1.54) is 0 Å². The standard InChI is InChI=1S/C18H35NO2/c1-13(2)15(17(3,4)5)14-9-11-19(12-10-14)16(20)21-18(6,7)8/h13-15H,9-12H2,1-8H3. The highest BCUT2D eigenvalue weighted by molar-refractivity contribution is 5.68. The van der Waals surface area contributed by atoms with E-state index < -0.39 is 5.60 Å². The Hall–Kier alpha value is -0.730. The van der Waals surface area contributed by atoms with Gasteiger partial charge in [-0.15, -0.1) is 0 Å². The minimum atomic E-state index is -0.403. The van der Waals surface area contributed by atoms with Crippen molar-refractivity contribution in [3.8, 4) is 0 Å². The molecule has 1 aliphatic heterocycles. The van der Waals surface area contributed by atoms with Crippen LogP contribution in [0.2, 0.25) is 0 Å². The quantitative estimate of drug-likeness (QED) is 0.721. The van der Waals surface area contributed by atoms with Crippen molar-refractivity contribution < 1.29 is 9.53 Å². The van der Waals surface area contributed by atoms with Crippen LogP contribution in [0, 0.1) is 23.2 Å². The number of hydrogen-bond donors (Lipinski definition) is 0. The van der Waals surface area contributed by atoms with Crippen LogP contribution in [0.4, 0.5) is 4.79 Å². The van der Waals surface area contributed by atoms with Gasteiger partial charge in [-0.3, -0.25) is 0 Å². The molecular weight excluding hydrogens is 262 g/mol. The number of piperidine rings is 1. The number of ether oxygens (including phenoxy) is 1. The molecule has 0 aromatic heterocycles. The molecule has 0 saturated carbocycles. The van der Waals surface area contributed by atoms with Crippen molar-refractivity contribution >= 4 is 6.09 Å². The van der Waals surface area contributed by atoms with Crippen LogP contribution < -0.4 is 0 Å². The van der Waals surface area contributed by atoms with Gasteiger partial charge in [0.2, 0.25) is 0 Å². The Morgan fingerprint density at radius 2 is 1.52 bits per heavy atom. The van der Waals surface area contributed by atoms with Crippen molar-refractivity contribution in [2.45, 2.75) is 73.8 Å². The summed E-state index contributed by atoms with van der Waals surface area (Å²) in [4.78, 5) is 14.0. The fourth-order valence-corrected chi connectivity index (χ4v) is 4.02. The molecule has 0 aromatic carbocycles. The van der Waals surface area contributed by atoms with Gasteiger partial charge in [0.05, 0.1) is 0 Å². The van der Waals surface area contributed by atoms with Crippen LogP contribution in [0.5, 0.6) is 0 Å². The summed E-state index contributed by atoms with van der Waals surface area (Å²) in [6.45, 7) is 19.1. The third-order valence-electron chi connectivity index (χ3n) is 4.42. The van der Waals surface area contributed by atoms with Gasteiger partial charge in [0, 0.05) is 13.1 Å². The average molecular weight is 297 g/mol. The first-order chi connectivity index (χ1) is 9.42. The lowest BCUT2D eigenvalue weighted by Crippen LogP contribution is -2.45. The number of nitrogens with zero attached hydrogens (tertiary/aromatic N) is 1. The van der Waals surface area contributed by atoms with Crippen molar-refractivity contribution in [1.82, 2.24) is 4.90 Å². The molecular formula is C18H35NO2. The molecule has 0 aliphatic carbocycles. The van der Waals surface area contributed by atoms with Gasteiger partial charge in [0.25, 0.3) is 0 Å². The third kappa shape index (κ3) is 5.52. The van der Waals surface area contributed by atoms with E-state index in [-0.39, 0.29) is 6.09 Å². The van der Waals surface area contributed by atoms with Crippen molar-refractivity contribution in [2.24, 2.45) is 23.2 Å². The summed E-state index contributed by atoms with van der Waals surface area (Å²) >= 11 is 0. The molecule has 1 unspecified atom stereocenters. The molecule has 0 spiro atoms. The molecule has 0 N–H and O–H groups in total. The molecule has 3 heteroatoms. The minimum Gasteiger partial charge on any atom is -0.444 e. The van der Waals surface area contributed by atoms with Crippen LogP contribution in [0.1, 0.15) is 68.2 Å². The van der Waals surface area contributed by atoms with E-state index in [1.54, 1.807) is 0 Å². The number of carbonyl (C=O) groups excluding carboxylic acids is 1. The summed E-state index contributed by atoms with van der Waals surface area (Å²) in [5, 5.41) is 0. The van der Waals surface area contributed by atoms with Gasteiger partial charge in [0.1, 0.15) is 5.60 Å². The summed E-state index contributed by atoms with van der Waals surface area (Å²) in [7, 11) is 0. The summed E-state index contributed by atoms with van der Waals surface area (Å²) in [6, 6.07) is 0. The van der Waals surface area contributed by atoms with Crippen LogP contribution in [0.25, 0.3) is 0 Å². The van der Waals surface area contributed by atoms with Crippen LogP contribution in [0.15, 0.2) is 0 Å². The molecule has 1 rings (SSSR count). The Kier molecular flexibility index (Phi) is 5.74. The van der Waals surface area contributed by atoms with Crippen molar-refractivity contribution in [3.63, 3.8) is 0 Å². The first-order valence-electron chi connectivity index (χ1n) is 8.39. The molecule has 3 nitrogen and oxygen atoms in total. The molecule has 1 atom stereocenters. The monoisotopic (exact) mass is 297 g/mol. The van der Waals surface area contributed by atoms with Crippen molar-refractivity contribution in [2.75, 3.05) is 13.1 Å². The Bertz CT molecular complexity index is 341. The Morgan fingerprint density at radius 3 is 1.86 bits per heavy atom. The molecule has 1 saturated heterocycles. The van der Waals surface area contributed by atoms with Gasteiger partial charge in [-0.2, -0.15) is 0 Å². The SMILES string of the molecule is CC(C)C(C1CCN(C(=O)OC(C)(C)C)CC1)C(C)(C)C.